The molecule has 0 unspecified atom stereocenters. The van der Waals surface area contributed by atoms with E-state index in [-0.39, 0.29) is 11.7 Å². The number of thioether (sulfide) groups is 1. The third-order valence-corrected chi connectivity index (χ3v) is 5.55. The molecule has 9 heteroatoms. The number of aromatic nitrogens is 3. The van der Waals surface area contributed by atoms with Crippen LogP contribution in [-0.2, 0) is 17.9 Å². The topological polar surface area (TPSA) is 69.0 Å². The summed E-state index contributed by atoms with van der Waals surface area (Å²) in [4.78, 5) is 12.3. The Morgan fingerprint density at radius 3 is 2.37 bits per heavy atom. The van der Waals surface area contributed by atoms with Gasteiger partial charge in [-0.1, -0.05) is 41.0 Å². The van der Waals surface area contributed by atoms with E-state index >= 15 is 0 Å². The summed E-state index contributed by atoms with van der Waals surface area (Å²) in [5.74, 6) is 1.50. The number of nitrogens with zero attached hydrogens (tertiary/aromatic N) is 3. The lowest BCUT2D eigenvalue weighted by Crippen LogP contribution is -2.15. The van der Waals surface area contributed by atoms with Crippen molar-refractivity contribution >= 4 is 46.6 Å². The molecule has 30 heavy (non-hydrogen) atoms. The Labute approximate surface area is 189 Å². The first-order chi connectivity index (χ1) is 14.3. The lowest BCUT2D eigenvalue weighted by molar-refractivity contribution is -0.113. The highest BCUT2D eigenvalue weighted by molar-refractivity contribution is 7.99. The standard InChI is InChI=1S/C21H22Cl2N4O2S/c1-4-27-19(11-29-18-6-13(2)5-14(3)7-18)25-26-21(27)30-12-20(28)24-17-9-15(22)8-16(23)10-17/h5-10H,4,11-12H2,1-3H3,(H,24,28). The summed E-state index contributed by atoms with van der Waals surface area (Å²) in [6.45, 7) is 7.04. The van der Waals surface area contributed by atoms with Gasteiger partial charge in [-0.15, -0.1) is 10.2 Å². The van der Waals surface area contributed by atoms with E-state index in [1.807, 2.05) is 37.5 Å². The summed E-state index contributed by atoms with van der Waals surface area (Å²) in [7, 11) is 0. The van der Waals surface area contributed by atoms with Gasteiger partial charge in [0.25, 0.3) is 0 Å². The Balaban J connectivity index is 1.60. The van der Waals surface area contributed by atoms with E-state index in [0.717, 1.165) is 16.9 Å². The zero-order valence-corrected chi connectivity index (χ0v) is 19.2. The Morgan fingerprint density at radius 2 is 1.73 bits per heavy atom. The number of rotatable bonds is 8. The molecule has 0 aliphatic carbocycles. The van der Waals surface area contributed by atoms with Crippen LogP contribution in [0.5, 0.6) is 5.75 Å². The lowest BCUT2D eigenvalue weighted by Gasteiger charge is -2.10. The zero-order chi connectivity index (χ0) is 21.7. The third kappa shape index (κ3) is 6.14. The quantitative estimate of drug-likeness (QED) is 0.443. The summed E-state index contributed by atoms with van der Waals surface area (Å²) >= 11 is 13.2. The van der Waals surface area contributed by atoms with Crippen LogP contribution < -0.4 is 10.1 Å². The average molecular weight is 465 g/mol. The van der Waals surface area contributed by atoms with E-state index < -0.39 is 0 Å². The minimum Gasteiger partial charge on any atom is -0.486 e. The highest BCUT2D eigenvalue weighted by Gasteiger charge is 2.14. The van der Waals surface area contributed by atoms with Crippen LogP contribution in [0.15, 0.2) is 41.6 Å². The molecule has 0 aliphatic heterocycles. The Bertz CT molecular complexity index is 1010. The molecule has 1 heterocycles. The van der Waals surface area contributed by atoms with Gasteiger partial charge < -0.3 is 14.6 Å². The minimum atomic E-state index is -0.183. The van der Waals surface area contributed by atoms with Crippen molar-refractivity contribution in [1.82, 2.24) is 14.8 Å². The normalized spacial score (nSPS) is 10.8. The molecule has 0 aliphatic rings. The maximum atomic E-state index is 12.3. The molecular weight excluding hydrogens is 443 g/mol. The second-order valence-corrected chi connectivity index (χ2v) is 8.57. The number of carbonyl (C=O) groups excluding carboxylic acids is 1. The molecule has 0 bridgehead atoms. The van der Waals surface area contributed by atoms with Crippen molar-refractivity contribution in [3.05, 3.63) is 63.4 Å². The molecular formula is C21H22Cl2N4O2S. The summed E-state index contributed by atoms with van der Waals surface area (Å²) in [6, 6.07) is 11.0. The van der Waals surface area contributed by atoms with E-state index in [2.05, 4.69) is 21.6 Å². The molecule has 1 amide bonds. The van der Waals surface area contributed by atoms with Crippen LogP contribution in [0.25, 0.3) is 0 Å². The fourth-order valence-electron chi connectivity index (χ4n) is 2.97. The average Bonchev–Trinajstić information content (AvgIpc) is 3.05. The molecule has 0 atom stereocenters. The second kappa shape index (κ2) is 10.2. The van der Waals surface area contributed by atoms with Crippen LogP contribution in [0.3, 0.4) is 0 Å². The van der Waals surface area contributed by atoms with Gasteiger partial charge in [0.2, 0.25) is 5.91 Å². The molecule has 2 aromatic carbocycles. The number of nitrogens with one attached hydrogen (secondary N) is 1. The van der Waals surface area contributed by atoms with Gasteiger partial charge in [0.15, 0.2) is 11.0 Å². The van der Waals surface area contributed by atoms with Crippen molar-refractivity contribution in [2.45, 2.75) is 39.1 Å². The number of anilines is 1. The predicted octanol–water partition coefficient (Wildman–Crippen LogP) is 5.53. The van der Waals surface area contributed by atoms with Gasteiger partial charge in [0.1, 0.15) is 12.4 Å². The van der Waals surface area contributed by atoms with Gasteiger partial charge in [0.05, 0.1) is 5.75 Å². The maximum absolute atomic E-state index is 12.3. The fraction of sp³-hybridized carbons (Fsp3) is 0.286. The molecule has 0 fully saturated rings. The van der Waals surface area contributed by atoms with Crippen molar-refractivity contribution in [1.29, 1.82) is 0 Å². The second-order valence-electron chi connectivity index (χ2n) is 6.75. The molecule has 0 spiro atoms. The number of hydrogen-bond donors (Lipinski definition) is 1. The number of hydrogen-bond acceptors (Lipinski definition) is 5. The summed E-state index contributed by atoms with van der Waals surface area (Å²) in [5, 5.41) is 12.8. The summed E-state index contributed by atoms with van der Waals surface area (Å²) < 4.78 is 7.84. The van der Waals surface area contributed by atoms with Gasteiger partial charge in [-0.05, 0) is 62.2 Å². The van der Waals surface area contributed by atoms with Crippen LogP contribution >= 0.6 is 35.0 Å². The van der Waals surface area contributed by atoms with Gasteiger partial charge >= 0.3 is 0 Å². The van der Waals surface area contributed by atoms with E-state index in [1.54, 1.807) is 18.2 Å². The Morgan fingerprint density at radius 1 is 1.07 bits per heavy atom. The van der Waals surface area contributed by atoms with Crippen molar-refractivity contribution in [2.75, 3.05) is 11.1 Å². The first-order valence-electron chi connectivity index (χ1n) is 9.36. The van der Waals surface area contributed by atoms with E-state index in [1.165, 1.54) is 11.8 Å². The van der Waals surface area contributed by atoms with E-state index in [0.29, 0.717) is 39.9 Å². The molecule has 1 aromatic heterocycles. The number of halogens is 2. The third-order valence-electron chi connectivity index (χ3n) is 4.15. The molecule has 6 nitrogen and oxygen atoms in total. The zero-order valence-electron chi connectivity index (χ0n) is 16.9. The van der Waals surface area contributed by atoms with Crippen LogP contribution in [0.4, 0.5) is 5.69 Å². The molecule has 0 radical (unpaired) electrons. The lowest BCUT2D eigenvalue weighted by atomic mass is 10.1. The molecule has 158 valence electrons. The van der Waals surface area contributed by atoms with Crippen LogP contribution in [-0.4, -0.2) is 26.4 Å². The summed E-state index contributed by atoms with van der Waals surface area (Å²) in [6.07, 6.45) is 0. The maximum Gasteiger partial charge on any atom is 0.234 e. The van der Waals surface area contributed by atoms with E-state index in [4.69, 9.17) is 27.9 Å². The first kappa shape index (κ1) is 22.5. The van der Waals surface area contributed by atoms with Gasteiger partial charge in [-0.2, -0.15) is 0 Å². The van der Waals surface area contributed by atoms with Crippen LogP contribution in [0, 0.1) is 13.8 Å². The van der Waals surface area contributed by atoms with Crippen molar-refractivity contribution in [2.24, 2.45) is 0 Å². The molecule has 3 aromatic rings. The summed E-state index contributed by atoms with van der Waals surface area (Å²) in [5.41, 5.74) is 2.84. The van der Waals surface area contributed by atoms with Gasteiger partial charge in [-0.3, -0.25) is 4.79 Å². The largest absolute Gasteiger partial charge is 0.486 e. The number of benzene rings is 2. The predicted molar refractivity (Wildman–Crippen MR) is 122 cm³/mol. The Hall–Kier alpha value is -2.22. The van der Waals surface area contributed by atoms with Crippen molar-refractivity contribution in [3.8, 4) is 5.75 Å². The molecule has 3 rings (SSSR count). The monoisotopic (exact) mass is 464 g/mol. The number of amides is 1. The first-order valence-corrected chi connectivity index (χ1v) is 11.1. The SMILES string of the molecule is CCn1c(COc2cc(C)cc(C)c2)nnc1SCC(=O)Nc1cc(Cl)cc(Cl)c1. The van der Waals surface area contributed by atoms with E-state index in [9.17, 15) is 4.79 Å². The molecule has 1 N–H and O–H groups in total. The van der Waals surface area contributed by atoms with Crippen molar-refractivity contribution in [3.63, 3.8) is 0 Å². The number of aryl methyl sites for hydroxylation is 2. The van der Waals surface area contributed by atoms with Gasteiger partial charge in [0, 0.05) is 22.3 Å². The molecule has 0 saturated heterocycles. The highest BCUT2D eigenvalue weighted by atomic mass is 35.5. The van der Waals surface area contributed by atoms with Gasteiger partial charge in [-0.25, -0.2) is 0 Å². The number of carbonyl (C=O) groups is 1. The molecule has 0 saturated carbocycles. The van der Waals surface area contributed by atoms with Crippen LogP contribution in [0.2, 0.25) is 10.0 Å². The fourth-order valence-corrected chi connectivity index (χ4v) is 4.31. The smallest absolute Gasteiger partial charge is 0.234 e. The van der Waals surface area contributed by atoms with Crippen LogP contribution in [0.1, 0.15) is 23.9 Å². The highest BCUT2D eigenvalue weighted by Crippen LogP contribution is 2.24. The number of ether oxygens (including phenoxy) is 1. The Kier molecular flexibility index (Phi) is 7.64. The minimum absolute atomic E-state index is 0.181. The van der Waals surface area contributed by atoms with Crippen molar-refractivity contribution < 1.29 is 9.53 Å².